The van der Waals surface area contributed by atoms with Crippen LogP contribution in [0.25, 0.3) is 0 Å². The molecule has 3 heteroatoms. The van der Waals surface area contributed by atoms with E-state index in [-0.39, 0.29) is 5.92 Å². The summed E-state index contributed by atoms with van der Waals surface area (Å²) in [6.07, 6.45) is 13.9. The maximum absolute atomic E-state index is 5.69. The van der Waals surface area contributed by atoms with Crippen molar-refractivity contribution >= 4 is 20.4 Å². The number of rotatable bonds is 6. The van der Waals surface area contributed by atoms with E-state index in [1.54, 1.807) is 0 Å². The fourth-order valence-electron chi connectivity index (χ4n) is 2.36. The van der Waals surface area contributed by atoms with Gasteiger partial charge in [0.2, 0.25) is 0 Å². The first-order valence-corrected chi connectivity index (χ1v) is 7.86. The van der Waals surface area contributed by atoms with Crippen LogP contribution in [0.1, 0.15) is 33.6 Å². The van der Waals surface area contributed by atoms with Crippen LogP contribution in [-0.4, -0.2) is 12.0 Å². The lowest BCUT2D eigenvalue weighted by molar-refractivity contribution is 0.680. The van der Waals surface area contributed by atoms with Gasteiger partial charge in [0, 0.05) is 25.4 Å². The number of hydrogen-bond donors (Lipinski definition) is 0. The zero-order chi connectivity index (χ0) is 15.8. The summed E-state index contributed by atoms with van der Waals surface area (Å²) in [4.78, 5) is 6.45. The quantitative estimate of drug-likeness (QED) is 0.450. The van der Waals surface area contributed by atoms with Gasteiger partial charge in [0.15, 0.2) is 0 Å². The van der Waals surface area contributed by atoms with Gasteiger partial charge in [-0.2, -0.15) is 0 Å². The van der Waals surface area contributed by atoms with E-state index in [4.69, 9.17) is 6.42 Å². The Kier molecular flexibility index (Phi) is 7.20. The Morgan fingerprint density at radius 1 is 1.52 bits per heavy atom. The molecule has 0 N–H and O–H groups in total. The van der Waals surface area contributed by atoms with Crippen LogP contribution in [0.5, 0.6) is 0 Å². The maximum Gasteiger partial charge on any atom is 0.132 e. The molecule has 0 bridgehead atoms. The average molecular weight is 300 g/mol. The van der Waals surface area contributed by atoms with Crippen LogP contribution in [0.15, 0.2) is 41.8 Å². The highest BCUT2D eigenvalue weighted by atomic mass is 31.0. The van der Waals surface area contributed by atoms with Gasteiger partial charge in [0.1, 0.15) is 5.82 Å². The molecule has 0 aliphatic rings. The summed E-state index contributed by atoms with van der Waals surface area (Å²) in [5.74, 6) is 4.02. The Bertz CT molecular complexity index is 550. The Hall–Kier alpha value is -1.58. The van der Waals surface area contributed by atoms with Crippen molar-refractivity contribution in [2.75, 3.05) is 11.9 Å². The SMILES string of the molecule is C#CC(CCC)C(=C/C)/C(C)=C\N(C)c1ccc(P)cn1. The topological polar surface area (TPSA) is 16.1 Å². The van der Waals surface area contributed by atoms with E-state index < -0.39 is 0 Å². The summed E-state index contributed by atoms with van der Waals surface area (Å²) in [7, 11) is 4.65. The predicted octanol–water partition coefficient (Wildman–Crippen LogP) is 3.92. The number of allylic oxidation sites excluding steroid dienone is 3. The third kappa shape index (κ3) is 5.03. The van der Waals surface area contributed by atoms with Gasteiger partial charge in [-0.05, 0) is 48.9 Å². The highest BCUT2D eigenvalue weighted by Gasteiger charge is 2.12. The second-order valence-corrected chi connectivity index (χ2v) is 5.79. The maximum atomic E-state index is 5.69. The predicted molar refractivity (Wildman–Crippen MR) is 96.7 cm³/mol. The third-order valence-electron chi connectivity index (χ3n) is 3.44. The molecule has 0 saturated heterocycles. The monoisotopic (exact) mass is 300 g/mol. The Morgan fingerprint density at radius 2 is 2.24 bits per heavy atom. The molecule has 2 atom stereocenters. The van der Waals surface area contributed by atoms with Crippen molar-refractivity contribution in [3.05, 3.63) is 41.8 Å². The van der Waals surface area contributed by atoms with Crippen molar-refractivity contribution in [2.24, 2.45) is 5.92 Å². The van der Waals surface area contributed by atoms with Gasteiger partial charge in [-0.3, -0.25) is 0 Å². The van der Waals surface area contributed by atoms with E-state index >= 15 is 0 Å². The molecule has 0 fully saturated rings. The molecule has 0 spiro atoms. The number of anilines is 1. The summed E-state index contributed by atoms with van der Waals surface area (Å²) in [6.45, 7) is 6.32. The van der Waals surface area contributed by atoms with Crippen molar-refractivity contribution in [2.45, 2.75) is 33.6 Å². The zero-order valence-electron chi connectivity index (χ0n) is 13.4. The van der Waals surface area contributed by atoms with Crippen molar-refractivity contribution in [3.63, 3.8) is 0 Å². The summed E-state index contributed by atoms with van der Waals surface area (Å²) >= 11 is 0. The average Bonchev–Trinajstić information content (AvgIpc) is 2.47. The molecule has 2 nitrogen and oxygen atoms in total. The molecule has 1 rings (SSSR count). The number of hydrogen-bond acceptors (Lipinski definition) is 2. The molecule has 0 radical (unpaired) electrons. The molecular weight excluding hydrogens is 275 g/mol. The van der Waals surface area contributed by atoms with Crippen LogP contribution >= 0.6 is 9.24 Å². The van der Waals surface area contributed by atoms with Crippen LogP contribution in [0, 0.1) is 18.3 Å². The molecule has 0 amide bonds. The highest BCUT2D eigenvalue weighted by molar-refractivity contribution is 7.27. The minimum atomic E-state index is 0.187. The van der Waals surface area contributed by atoms with Gasteiger partial charge in [-0.25, -0.2) is 4.98 Å². The highest BCUT2D eigenvalue weighted by Crippen LogP contribution is 2.24. The van der Waals surface area contributed by atoms with Crippen LogP contribution in [0.4, 0.5) is 5.82 Å². The van der Waals surface area contributed by atoms with Gasteiger partial charge in [0.05, 0.1) is 0 Å². The summed E-state index contributed by atoms with van der Waals surface area (Å²) in [5.41, 5.74) is 2.42. The molecule has 0 aliphatic heterocycles. The Labute approximate surface area is 131 Å². The summed E-state index contributed by atoms with van der Waals surface area (Å²) in [5, 5.41) is 1.08. The van der Waals surface area contributed by atoms with E-state index in [1.807, 2.05) is 37.2 Å². The fourth-order valence-corrected chi connectivity index (χ4v) is 2.53. The lowest BCUT2D eigenvalue weighted by atomic mass is 9.90. The van der Waals surface area contributed by atoms with Crippen molar-refractivity contribution < 1.29 is 0 Å². The molecule has 21 heavy (non-hydrogen) atoms. The molecule has 1 aromatic rings. The first-order chi connectivity index (χ1) is 10.0. The second-order valence-electron chi connectivity index (χ2n) is 5.12. The number of pyridine rings is 1. The van der Waals surface area contributed by atoms with E-state index in [9.17, 15) is 0 Å². The van der Waals surface area contributed by atoms with E-state index in [0.717, 1.165) is 24.0 Å². The molecule has 2 unspecified atom stereocenters. The minimum Gasteiger partial charge on any atom is -0.336 e. The Balaban J connectivity index is 2.96. The third-order valence-corrected chi connectivity index (χ3v) is 3.78. The first kappa shape index (κ1) is 17.5. The standard InChI is InChI=1S/C18H25N2P/c1-6-9-15(7-2)17(8-3)14(4)13-20(5)18-11-10-16(21)12-19-18/h2,8,10-13,15H,6,9,21H2,1,3-5H3/b14-13-,17-8+. The van der Waals surface area contributed by atoms with Gasteiger partial charge in [0.25, 0.3) is 0 Å². The lowest BCUT2D eigenvalue weighted by Crippen LogP contribution is -2.13. The van der Waals surface area contributed by atoms with Gasteiger partial charge in [-0.15, -0.1) is 15.7 Å². The molecule has 1 aromatic heterocycles. The molecule has 112 valence electrons. The van der Waals surface area contributed by atoms with Crippen molar-refractivity contribution in [1.29, 1.82) is 0 Å². The summed E-state index contributed by atoms with van der Waals surface area (Å²) < 4.78 is 0. The van der Waals surface area contributed by atoms with Gasteiger partial charge < -0.3 is 4.90 Å². The summed E-state index contributed by atoms with van der Waals surface area (Å²) in [6, 6.07) is 4.04. The first-order valence-electron chi connectivity index (χ1n) is 7.28. The minimum absolute atomic E-state index is 0.187. The largest absolute Gasteiger partial charge is 0.336 e. The van der Waals surface area contributed by atoms with Crippen molar-refractivity contribution in [1.82, 2.24) is 4.98 Å². The van der Waals surface area contributed by atoms with Gasteiger partial charge in [-0.1, -0.05) is 25.3 Å². The molecule has 0 aromatic carbocycles. The normalized spacial score (nSPS) is 13.7. The number of terminal acetylenes is 1. The van der Waals surface area contributed by atoms with Crippen molar-refractivity contribution in [3.8, 4) is 12.3 Å². The molecule has 0 saturated carbocycles. The molecular formula is C18H25N2P. The zero-order valence-corrected chi connectivity index (χ0v) is 14.6. The van der Waals surface area contributed by atoms with E-state index in [0.29, 0.717) is 0 Å². The van der Waals surface area contributed by atoms with Crippen LogP contribution < -0.4 is 10.2 Å². The van der Waals surface area contributed by atoms with E-state index in [2.05, 4.69) is 46.3 Å². The van der Waals surface area contributed by atoms with E-state index in [1.165, 1.54) is 11.1 Å². The van der Waals surface area contributed by atoms with Crippen LogP contribution in [0.3, 0.4) is 0 Å². The number of aromatic nitrogens is 1. The second kappa shape index (κ2) is 8.65. The fraction of sp³-hybridized carbons (Fsp3) is 0.389. The lowest BCUT2D eigenvalue weighted by Gasteiger charge is -2.19. The Morgan fingerprint density at radius 3 is 2.71 bits per heavy atom. The van der Waals surface area contributed by atoms with Crippen LogP contribution in [0.2, 0.25) is 0 Å². The molecule has 1 heterocycles. The smallest absolute Gasteiger partial charge is 0.132 e. The van der Waals surface area contributed by atoms with Crippen LogP contribution in [-0.2, 0) is 0 Å². The molecule has 0 aliphatic carbocycles. The number of nitrogens with zero attached hydrogens (tertiary/aromatic N) is 2. The van der Waals surface area contributed by atoms with Gasteiger partial charge >= 0.3 is 0 Å².